The van der Waals surface area contributed by atoms with Crippen LogP contribution in [-0.4, -0.2) is 25.7 Å². The fourth-order valence-corrected chi connectivity index (χ4v) is 4.77. The summed E-state index contributed by atoms with van der Waals surface area (Å²) < 4.78 is 16.2. The van der Waals surface area contributed by atoms with Crippen molar-refractivity contribution in [2.24, 2.45) is 0 Å². The van der Waals surface area contributed by atoms with Crippen molar-refractivity contribution >= 4 is 39.8 Å². The topological polar surface area (TPSA) is 63.9 Å². The number of hydrogen-bond donors (Lipinski definition) is 0. The molecule has 0 bridgehead atoms. The molecular formula is C21H18FN5OS2. The van der Waals surface area contributed by atoms with E-state index in [-0.39, 0.29) is 11.6 Å². The van der Waals surface area contributed by atoms with Gasteiger partial charge in [-0.1, -0.05) is 42.1 Å². The minimum Gasteiger partial charge on any atom is -0.276 e. The van der Waals surface area contributed by atoms with E-state index in [2.05, 4.69) is 15.2 Å². The van der Waals surface area contributed by atoms with Crippen molar-refractivity contribution in [2.45, 2.75) is 24.8 Å². The zero-order valence-corrected chi connectivity index (χ0v) is 18.0. The molecule has 4 rings (SSSR count). The summed E-state index contributed by atoms with van der Waals surface area (Å²) in [6.45, 7) is 3.43. The molecule has 0 saturated heterocycles. The van der Waals surface area contributed by atoms with Gasteiger partial charge in [-0.25, -0.2) is 9.37 Å². The molecule has 6 nitrogen and oxygen atoms in total. The maximum Gasteiger partial charge on any atom is 0.230 e. The number of hydrogen-bond acceptors (Lipinski definition) is 6. The number of carbonyl (C=O) groups is 1. The number of aryl methyl sites for hydroxylation is 1. The molecular weight excluding hydrogens is 421 g/mol. The van der Waals surface area contributed by atoms with Crippen molar-refractivity contribution in [3.8, 4) is 5.69 Å². The van der Waals surface area contributed by atoms with Crippen LogP contribution in [0.5, 0.6) is 0 Å². The lowest BCUT2D eigenvalue weighted by atomic mass is 10.2. The maximum absolute atomic E-state index is 14.2. The van der Waals surface area contributed by atoms with Crippen LogP contribution in [-0.2, 0) is 10.5 Å². The number of aromatic nitrogens is 4. The lowest BCUT2D eigenvalue weighted by Crippen LogP contribution is -2.23. The van der Waals surface area contributed by atoms with E-state index < -0.39 is 5.82 Å². The Labute approximate surface area is 181 Å². The van der Waals surface area contributed by atoms with Gasteiger partial charge in [-0.2, -0.15) is 0 Å². The molecule has 0 saturated carbocycles. The summed E-state index contributed by atoms with van der Waals surface area (Å²) in [6, 6.07) is 14.2. The lowest BCUT2D eigenvalue weighted by molar-refractivity contribution is -0.115. The number of halogens is 1. The first-order chi connectivity index (χ1) is 14.5. The van der Waals surface area contributed by atoms with Gasteiger partial charge in [0.1, 0.15) is 12.1 Å². The van der Waals surface area contributed by atoms with E-state index in [4.69, 9.17) is 0 Å². The molecule has 0 atom stereocenters. The Kier molecular flexibility index (Phi) is 5.91. The number of thiazole rings is 1. The van der Waals surface area contributed by atoms with Gasteiger partial charge in [-0.05, 0) is 30.7 Å². The Morgan fingerprint density at radius 3 is 2.73 bits per heavy atom. The van der Waals surface area contributed by atoms with Crippen LogP contribution in [0.15, 0.2) is 65.4 Å². The van der Waals surface area contributed by atoms with Gasteiger partial charge >= 0.3 is 0 Å². The molecule has 0 N–H and O–H groups in total. The molecule has 2 aromatic heterocycles. The second-order valence-electron chi connectivity index (χ2n) is 6.49. The molecule has 30 heavy (non-hydrogen) atoms. The third kappa shape index (κ3) is 4.12. The van der Waals surface area contributed by atoms with Gasteiger partial charge in [-0.3, -0.25) is 14.3 Å². The van der Waals surface area contributed by atoms with Crippen LogP contribution < -0.4 is 4.90 Å². The van der Waals surface area contributed by atoms with Gasteiger partial charge in [0.25, 0.3) is 0 Å². The number of para-hydroxylation sites is 2. The van der Waals surface area contributed by atoms with Crippen LogP contribution in [0.1, 0.15) is 18.2 Å². The van der Waals surface area contributed by atoms with E-state index in [1.807, 2.05) is 41.1 Å². The Morgan fingerprint density at radius 1 is 1.20 bits per heavy atom. The summed E-state index contributed by atoms with van der Waals surface area (Å²) in [5.41, 5.74) is 3.11. The van der Waals surface area contributed by atoms with E-state index >= 15 is 0 Å². The Balaban J connectivity index is 1.54. The Hall–Kier alpha value is -3.04. The standard InChI is InChI=1S/C21H18FN5OS2/c1-14-7-3-5-9-18(14)26-13-23-25-21(26)30-12-16-11-29-20(24-16)27(15(2)28)19-10-6-4-8-17(19)22/h3-11,13H,12H2,1-2H3. The molecule has 0 aliphatic rings. The number of anilines is 2. The van der Waals surface area contributed by atoms with Gasteiger partial charge in [0.2, 0.25) is 5.91 Å². The summed E-state index contributed by atoms with van der Waals surface area (Å²) in [5.74, 6) is -0.220. The van der Waals surface area contributed by atoms with Gasteiger partial charge in [0, 0.05) is 18.1 Å². The second kappa shape index (κ2) is 8.76. The van der Waals surface area contributed by atoms with E-state index in [0.717, 1.165) is 22.1 Å². The highest BCUT2D eigenvalue weighted by Gasteiger charge is 2.21. The highest BCUT2D eigenvalue weighted by Crippen LogP contribution is 2.32. The zero-order chi connectivity index (χ0) is 21.1. The summed E-state index contributed by atoms with van der Waals surface area (Å²) >= 11 is 2.80. The van der Waals surface area contributed by atoms with Gasteiger partial charge in [-0.15, -0.1) is 21.5 Å². The molecule has 0 unspecified atom stereocenters. The normalized spacial score (nSPS) is 10.9. The van der Waals surface area contributed by atoms with E-state index in [1.165, 1.54) is 41.0 Å². The van der Waals surface area contributed by atoms with Crippen LogP contribution in [0.3, 0.4) is 0 Å². The fraction of sp³-hybridized carbons (Fsp3) is 0.143. The second-order valence-corrected chi connectivity index (χ2v) is 8.26. The zero-order valence-electron chi connectivity index (χ0n) is 16.3. The first kappa shape index (κ1) is 20.2. The van der Waals surface area contributed by atoms with Crippen molar-refractivity contribution in [3.63, 3.8) is 0 Å². The molecule has 0 aliphatic carbocycles. The maximum atomic E-state index is 14.2. The molecule has 9 heteroatoms. The molecule has 0 fully saturated rings. The SMILES string of the molecule is CC(=O)N(c1nc(CSc2nncn2-c2ccccc2C)cs1)c1ccccc1F. The van der Waals surface area contributed by atoms with Crippen molar-refractivity contribution in [3.05, 3.63) is 77.3 Å². The smallest absolute Gasteiger partial charge is 0.230 e. The van der Waals surface area contributed by atoms with Crippen LogP contribution in [0.2, 0.25) is 0 Å². The number of nitrogens with zero attached hydrogens (tertiary/aromatic N) is 5. The number of amides is 1. The first-order valence-electron chi connectivity index (χ1n) is 9.13. The molecule has 0 radical (unpaired) electrons. The molecule has 4 aromatic rings. The molecule has 0 aliphatic heterocycles. The Bertz CT molecular complexity index is 1190. The van der Waals surface area contributed by atoms with Crippen LogP contribution in [0.4, 0.5) is 15.2 Å². The van der Waals surface area contributed by atoms with E-state index in [1.54, 1.807) is 24.5 Å². The number of rotatable bonds is 6. The first-order valence-corrected chi connectivity index (χ1v) is 11.0. The van der Waals surface area contributed by atoms with Crippen LogP contribution in [0.25, 0.3) is 5.69 Å². The minimum atomic E-state index is -0.467. The third-order valence-electron chi connectivity index (χ3n) is 4.38. The highest BCUT2D eigenvalue weighted by atomic mass is 32.2. The lowest BCUT2D eigenvalue weighted by Gasteiger charge is -2.18. The molecule has 152 valence electrons. The van der Waals surface area contributed by atoms with E-state index in [0.29, 0.717) is 10.9 Å². The summed E-state index contributed by atoms with van der Waals surface area (Å²) in [7, 11) is 0. The van der Waals surface area contributed by atoms with E-state index in [9.17, 15) is 9.18 Å². The number of carbonyl (C=O) groups excluding carboxylic acids is 1. The van der Waals surface area contributed by atoms with Crippen molar-refractivity contribution < 1.29 is 9.18 Å². The number of thioether (sulfide) groups is 1. The van der Waals surface area contributed by atoms with Crippen LogP contribution >= 0.6 is 23.1 Å². The van der Waals surface area contributed by atoms with Crippen molar-refractivity contribution in [1.29, 1.82) is 0 Å². The van der Waals surface area contributed by atoms with Gasteiger partial charge in [0.15, 0.2) is 10.3 Å². The minimum absolute atomic E-state index is 0.192. The predicted molar refractivity (Wildman–Crippen MR) is 117 cm³/mol. The molecule has 0 spiro atoms. The summed E-state index contributed by atoms with van der Waals surface area (Å²) in [4.78, 5) is 18.0. The van der Waals surface area contributed by atoms with Crippen molar-refractivity contribution in [1.82, 2.24) is 19.7 Å². The third-order valence-corrected chi connectivity index (χ3v) is 6.23. The average Bonchev–Trinajstić information content (AvgIpc) is 3.38. The molecule has 2 heterocycles. The Morgan fingerprint density at radius 2 is 1.97 bits per heavy atom. The fourth-order valence-electron chi connectivity index (χ4n) is 2.97. The van der Waals surface area contributed by atoms with Crippen LogP contribution in [0, 0.1) is 12.7 Å². The molecule has 1 amide bonds. The summed E-state index contributed by atoms with van der Waals surface area (Å²) in [6.07, 6.45) is 1.69. The summed E-state index contributed by atoms with van der Waals surface area (Å²) in [5, 5.41) is 11.3. The monoisotopic (exact) mass is 439 g/mol. The predicted octanol–water partition coefficient (Wildman–Crippen LogP) is 5.15. The van der Waals surface area contributed by atoms with Crippen molar-refractivity contribution in [2.75, 3.05) is 4.90 Å². The highest BCUT2D eigenvalue weighted by molar-refractivity contribution is 7.98. The number of benzene rings is 2. The quantitative estimate of drug-likeness (QED) is 0.389. The van der Waals surface area contributed by atoms with Gasteiger partial charge < -0.3 is 0 Å². The largest absolute Gasteiger partial charge is 0.276 e. The molecule has 2 aromatic carbocycles. The van der Waals surface area contributed by atoms with Gasteiger partial charge in [0.05, 0.1) is 17.1 Å². The average molecular weight is 440 g/mol.